The van der Waals surface area contributed by atoms with Crippen molar-refractivity contribution in [1.82, 2.24) is 9.80 Å². The minimum Gasteiger partial charge on any atom is -0.497 e. The van der Waals surface area contributed by atoms with Gasteiger partial charge in [-0.05, 0) is 98.0 Å². The minimum atomic E-state index is 0.323. The summed E-state index contributed by atoms with van der Waals surface area (Å²) < 4.78 is 11.0. The predicted molar refractivity (Wildman–Crippen MR) is 127 cm³/mol. The van der Waals surface area contributed by atoms with Crippen LogP contribution in [0.5, 0.6) is 11.5 Å². The molecule has 4 heteroatoms. The van der Waals surface area contributed by atoms with Gasteiger partial charge in [0, 0.05) is 31.1 Å². The summed E-state index contributed by atoms with van der Waals surface area (Å²) in [4.78, 5) is 5.59. The largest absolute Gasteiger partial charge is 0.497 e. The molecule has 2 aliphatic heterocycles. The van der Waals surface area contributed by atoms with Crippen LogP contribution in [0.1, 0.15) is 42.4 Å². The second kappa shape index (κ2) is 8.07. The standard InChI is InChI=1S/C28H36N2O2/c1-31-23-8-5-20(6-9-23)17-29-13-11-28-12-14-30(18-21-3-4-21)27(26(28)19-29)15-22-7-10-24(32-2)16-25(22)28/h5-10,16,21,26-27H,3-4,11-15,17-19H2,1-2H3. The predicted octanol–water partition coefficient (Wildman–Crippen LogP) is 4.50. The van der Waals surface area contributed by atoms with Crippen molar-refractivity contribution < 1.29 is 9.47 Å². The fourth-order valence-corrected chi connectivity index (χ4v) is 6.93. The Bertz CT molecular complexity index is 970. The molecule has 4 nitrogen and oxygen atoms in total. The van der Waals surface area contributed by atoms with Gasteiger partial charge in [0.1, 0.15) is 11.5 Å². The molecule has 0 spiro atoms. The van der Waals surface area contributed by atoms with Crippen molar-refractivity contribution in [3.63, 3.8) is 0 Å². The maximum Gasteiger partial charge on any atom is 0.119 e. The molecule has 6 rings (SSSR count). The number of hydrogen-bond donors (Lipinski definition) is 0. The van der Waals surface area contributed by atoms with Crippen molar-refractivity contribution in [1.29, 1.82) is 0 Å². The Labute approximate surface area is 192 Å². The van der Waals surface area contributed by atoms with E-state index >= 15 is 0 Å². The summed E-state index contributed by atoms with van der Waals surface area (Å²) in [5.74, 6) is 3.63. The lowest BCUT2D eigenvalue weighted by atomic mass is 9.54. The number of benzene rings is 2. The van der Waals surface area contributed by atoms with Crippen molar-refractivity contribution in [2.24, 2.45) is 11.8 Å². The number of fused-ring (bicyclic) bond motifs is 1. The van der Waals surface area contributed by atoms with Crippen LogP contribution in [0, 0.1) is 11.8 Å². The lowest BCUT2D eigenvalue weighted by Crippen LogP contribution is -2.65. The Balaban J connectivity index is 1.30. The van der Waals surface area contributed by atoms with E-state index in [1.807, 2.05) is 0 Å². The third kappa shape index (κ3) is 3.52. The number of ether oxygens (including phenoxy) is 2. The van der Waals surface area contributed by atoms with Gasteiger partial charge < -0.3 is 9.47 Å². The van der Waals surface area contributed by atoms with E-state index in [0.29, 0.717) is 17.4 Å². The Hall–Kier alpha value is -2.04. The monoisotopic (exact) mass is 432 g/mol. The third-order valence-electron chi connectivity index (χ3n) is 8.85. The van der Waals surface area contributed by atoms with Crippen molar-refractivity contribution >= 4 is 0 Å². The molecule has 2 aromatic carbocycles. The average Bonchev–Trinajstić information content (AvgIpc) is 3.65. The molecule has 0 amide bonds. The number of piperidine rings is 2. The highest BCUT2D eigenvalue weighted by Gasteiger charge is 2.55. The van der Waals surface area contributed by atoms with Crippen LogP contribution in [-0.2, 0) is 18.4 Å². The first-order valence-electron chi connectivity index (χ1n) is 12.5. The molecule has 2 aliphatic carbocycles. The van der Waals surface area contributed by atoms with Crippen molar-refractivity contribution in [3.8, 4) is 11.5 Å². The van der Waals surface area contributed by atoms with Crippen LogP contribution in [0.15, 0.2) is 42.5 Å². The maximum atomic E-state index is 5.66. The van der Waals surface area contributed by atoms with Crippen molar-refractivity contribution in [3.05, 3.63) is 59.2 Å². The van der Waals surface area contributed by atoms with Gasteiger partial charge in [-0.2, -0.15) is 0 Å². The maximum absolute atomic E-state index is 5.66. The SMILES string of the molecule is COc1ccc(CN2CCC34CCN(CC5CC5)C(Cc5ccc(OC)cc53)C4C2)cc1. The van der Waals surface area contributed by atoms with Crippen molar-refractivity contribution in [2.75, 3.05) is 40.4 Å². The Morgan fingerprint density at radius 3 is 2.44 bits per heavy atom. The lowest BCUT2D eigenvalue weighted by Gasteiger charge is -2.60. The van der Waals surface area contributed by atoms with Crippen LogP contribution in [0.3, 0.4) is 0 Å². The van der Waals surface area contributed by atoms with Gasteiger partial charge in [0.25, 0.3) is 0 Å². The van der Waals surface area contributed by atoms with Crippen LogP contribution in [0.4, 0.5) is 0 Å². The van der Waals surface area contributed by atoms with Gasteiger partial charge in [-0.15, -0.1) is 0 Å². The van der Waals surface area contributed by atoms with E-state index < -0.39 is 0 Å². The fourth-order valence-electron chi connectivity index (χ4n) is 6.93. The molecular weight excluding hydrogens is 396 g/mol. The summed E-state index contributed by atoms with van der Waals surface area (Å²) in [6.45, 7) is 6.01. The summed E-state index contributed by atoms with van der Waals surface area (Å²) in [7, 11) is 3.54. The van der Waals surface area contributed by atoms with Crippen molar-refractivity contribution in [2.45, 2.75) is 50.1 Å². The smallest absolute Gasteiger partial charge is 0.119 e. The Morgan fingerprint density at radius 1 is 0.938 bits per heavy atom. The summed E-state index contributed by atoms with van der Waals surface area (Å²) >= 11 is 0. The Kier molecular flexibility index (Phi) is 5.19. The summed E-state index contributed by atoms with van der Waals surface area (Å²) in [6.07, 6.45) is 6.65. The molecule has 4 aliphatic rings. The molecule has 2 heterocycles. The second-order valence-corrected chi connectivity index (χ2v) is 10.6. The number of rotatable bonds is 6. The van der Waals surface area contributed by atoms with E-state index in [0.717, 1.165) is 24.0 Å². The van der Waals surface area contributed by atoms with E-state index in [1.54, 1.807) is 25.3 Å². The highest BCUT2D eigenvalue weighted by atomic mass is 16.5. The van der Waals surface area contributed by atoms with Gasteiger partial charge in [-0.3, -0.25) is 9.80 Å². The van der Waals surface area contributed by atoms with Crippen LogP contribution in [-0.4, -0.2) is 56.2 Å². The number of likely N-dealkylation sites (tertiary alicyclic amines) is 2. The average molecular weight is 433 g/mol. The number of methoxy groups -OCH3 is 2. The molecule has 0 N–H and O–H groups in total. The quantitative estimate of drug-likeness (QED) is 0.671. The molecule has 2 bridgehead atoms. The minimum absolute atomic E-state index is 0.323. The molecule has 3 unspecified atom stereocenters. The molecule has 0 radical (unpaired) electrons. The fraction of sp³-hybridized carbons (Fsp3) is 0.571. The van der Waals surface area contributed by atoms with Gasteiger partial charge in [-0.25, -0.2) is 0 Å². The van der Waals surface area contributed by atoms with Crippen LogP contribution in [0.2, 0.25) is 0 Å². The molecule has 32 heavy (non-hydrogen) atoms. The first-order valence-corrected chi connectivity index (χ1v) is 12.5. The van der Waals surface area contributed by atoms with E-state index in [1.165, 1.54) is 63.8 Å². The van der Waals surface area contributed by atoms with Gasteiger partial charge in [-0.1, -0.05) is 18.2 Å². The summed E-state index contributed by atoms with van der Waals surface area (Å²) in [5.41, 5.74) is 4.90. The topological polar surface area (TPSA) is 24.9 Å². The zero-order chi connectivity index (χ0) is 21.7. The molecule has 3 atom stereocenters. The van der Waals surface area contributed by atoms with Crippen LogP contribution < -0.4 is 9.47 Å². The highest BCUT2D eigenvalue weighted by molar-refractivity contribution is 5.46. The Morgan fingerprint density at radius 2 is 1.69 bits per heavy atom. The molecular formula is C28H36N2O2. The van der Waals surface area contributed by atoms with Gasteiger partial charge in [0.05, 0.1) is 14.2 Å². The van der Waals surface area contributed by atoms with Crippen LogP contribution in [0.25, 0.3) is 0 Å². The van der Waals surface area contributed by atoms with Gasteiger partial charge in [0.2, 0.25) is 0 Å². The molecule has 2 aromatic rings. The second-order valence-electron chi connectivity index (χ2n) is 10.6. The number of hydrogen-bond acceptors (Lipinski definition) is 4. The van der Waals surface area contributed by atoms with Gasteiger partial charge >= 0.3 is 0 Å². The summed E-state index contributed by atoms with van der Waals surface area (Å²) in [5, 5.41) is 0. The zero-order valence-corrected chi connectivity index (χ0v) is 19.6. The molecule has 3 fully saturated rings. The highest BCUT2D eigenvalue weighted by Crippen LogP contribution is 2.54. The lowest BCUT2D eigenvalue weighted by molar-refractivity contribution is -0.0414. The molecule has 1 saturated carbocycles. The van der Waals surface area contributed by atoms with Crippen LogP contribution >= 0.6 is 0 Å². The van der Waals surface area contributed by atoms with Gasteiger partial charge in [0.15, 0.2) is 0 Å². The third-order valence-corrected chi connectivity index (χ3v) is 8.85. The van der Waals surface area contributed by atoms with E-state index in [4.69, 9.17) is 9.47 Å². The molecule has 0 aromatic heterocycles. The zero-order valence-electron chi connectivity index (χ0n) is 19.6. The molecule has 170 valence electrons. The first kappa shape index (κ1) is 20.6. The number of nitrogens with zero attached hydrogens (tertiary/aromatic N) is 2. The first-order chi connectivity index (χ1) is 15.7. The van der Waals surface area contributed by atoms with E-state index in [2.05, 4.69) is 52.3 Å². The van der Waals surface area contributed by atoms with E-state index in [9.17, 15) is 0 Å². The van der Waals surface area contributed by atoms with E-state index in [-0.39, 0.29) is 0 Å². The molecule has 2 saturated heterocycles. The summed E-state index contributed by atoms with van der Waals surface area (Å²) in [6, 6.07) is 16.2. The normalized spacial score (nSPS) is 29.8.